The maximum Gasteiger partial charge on any atom is 0.128 e. The molecule has 0 spiro atoms. The van der Waals surface area contributed by atoms with Crippen molar-refractivity contribution in [2.45, 2.75) is 26.3 Å². The van der Waals surface area contributed by atoms with Gasteiger partial charge < -0.3 is 10.1 Å². The molecule has 0 aliphatic heterocycles. The van der Waals surface area contributed by atoms with Gasteiger partial charge in [0.1, 0.15) is 5.75 Å². The molecule has 0 saturated carbocycles. The summed E-state index contributed by atoms with van der Waals surface area (Å²) in [6.45, 7) is 5.05. The number of methoxy groups -OCH3 is 1. The van der Waals surface area contributed by atoms with Crippen molar-refractivity contribution in [1.82, 2.24) is 15.5 Å². The van der Waals surface area contributed by atoms with E-state index in [4.69, 9.17) is 4.74 Å². The van der Waals surface area contributed by atoms with Crippen LogP contribution in [0.3, 0.4) is 0 Å². The molecule has 0 atom stereocenters. The van der Waals surface area contributed by atoms with Gasteiger partial charge in [0.2, 0.25) is 0 Å². The third kappa shape index (κ3) is 3.14. The molecule has 2 rings (SSSR count). The summed E-state index contributed by atoms with van der Waals surface area (Å²) in [5.41, 5.74) is 3.98. The van der Waals surface area contributed by atoms with Gasteiger partial charge in [-0.25, -0.2) is 0 Å². The van der Waals surface area contributed by atoms with E-state index in [0.717, 1.165) is 29.2 Å². The summed E-state index contributed by atoms with van der Waals surface area (Å²) in [5, 5.41) is 11.5. The molecule has 4 heteroatoms. The van der Waals surface area contributed by atoms with Gasteiger partial charge in [0, 0.05) is 12.1 Å². The molecule has 0 amide bonds. The van der Waals surface area contributed by atoms with Crippen LogP contribution in [0.5, 0.6) is 5.75 Å². The number of benzene rings is 1. The monoisotopic (exact) mass is 271 g/mol. The van der Waals surface area contributed by atoms with E-state index in [1.54, 1.807) is 7.11 Å². The second-order valence-electron chi connectivity index (χ2n) is 5.05. The number of ether oxygens (including phenoxy) is 1. The van der Waals surface area contributed by atoms with Crippen molar-refractivity contribution in [3.8, 4) is 17.0 Å². The first-order valence-corrected chi connectivity index (χ1v) is 6.81. The maximum atomic E-state index is 5.49. The lowest BCUT2D eigenvalue weighted by Gasteiger charge is -2.12. The summed E-state index contributed by atoms with van der Waals surface area (Å²) >= 11 is 0. The first kappa shape index (κ1) is 14.5. The SMILES string of the molecule is CNCc1ccc(-c2ccc(C(C)C)cc2OC)nn1. The number of aromatic nitrogens is 2. The van der Waals surface area contributed by atoms with Gasteiger partial charge in [0.25, 0.3) is 0 Å². The number of hydrogen-bond acceptors (Lipinski definition) is 4. The van der Waals surface area contributed by atoms with E-state index in [-0.39, 0.29) is 0 Å². The summed E-state index contributed by atoms with van der Waals surface area (Å²) in [4.78, 5) is 0. The van der Waals surface area contributed by atoms with Gasteiger partial charge in [-0.05, 0) is 42.8 Å². The van der Waals surface area contributed by atoms with Gasteiger partial charge in [0.05, 0.1) is 18.5 Å². The van der Waals surface area contributed by atoms with Crippen LogP contribution in [0.1, 0.15) is 31.0 Å². The summed E-state index contributed by atoms with van der Waals surface area (Å²) in [6, 6.07) is 10.2. The van der Waals surface area contributed by atoms with Crippen molar-refractivity contribution in [1.29, 1.82) is 0 Å². The zero-order valence-corrected chi connectivity index (χ0v) is 12.5. The van der Waals surface area contributed by atoms with Crippen LogP contribution in [0.2, 0.25) is 0 Å². The Morgan fingerprint density at radius 2 is 1.95 bits per heavy atom. The van der Waals surface area contributed by atoms with Gasteiger partial charge in [-0.15, -0.1) is 0 Å². The molecule has 20 heavy (non-hydrogen) atoms. The van der Waals surface area contributed by atoms with E-state index >= 15 is 0 Å². The molecule has 0 unspecified atom stereocenters. The van der Waals surface area contributed by atoms with Crippen molar-refractivity contribution in [3.05, 3.63) is 41.6 Å². The molecule has 2 aromatic rings. The number of rotatable bonds is 5. The summed E-state index contributed by atoms with van der Waals surface area (Å²) < 4.78 is 5.49. The minimum atomic E-state index is 0.474. The van der Waals surface area contributed by atoms with Crippen LogP contribution in [-0.4, -0.2) is 24.4 Å². The van der Waals surface area contributed by atoms with E-state index in [1.165, 1.54) is 5.56 Å². The fourth-order valence-corrected chi connectivity index (χ4v) is 2.06. The summed E-state index contributed by atoms with van der Waals surface area (Å²) in [7, 11) is 3.58. The van der Waals surface area contributed by atoms with Crippen LogP contribution >= 0.6 is 0 Å². The third-order valence-corrected chi connectivity index (χ3v) is 3.25. The lowest BCUT2D eigenvalue weighted by atomic mass is 9.99. The fraction of sp³-hybridized carbons (Fsp3) is 0.375. The van der Waals surface area contributed by atoms with E-state index < -0.39 is 0 Å². The van der Waals surface area contributed by atoms with Crippen molar-refractivity contribution in [2.75, 3.05) is 14.2 Å². The van der Waals surface area contributed by atoms with Crippen LogP contribution in [0, 0.1) is 0 Å². The Bertz CT molecular complexity index is 564. The minimum absolute atomic E-state index is 0.474. The Morgan fingerprint density at radius 1 is 1.15 bits per heavy atom. The van der Waals surface area contributed by atoms with Crippen molar-refractivity contribution < 1.29 is 4.74 Å². The van der Waals surface area contributed by atoms with Crippen LogP contribution < -0.4 is 10.1 Å². The first-order chi connectivity index (χ1) is 9.65. The molecule has 0 bridgehead atoms. The molecule has 0 saturated heterocycles. The van der Waals surface area contributed by atoms with Crippen LogP contribution in [-0.2, 0) is 6.54 Å². The van der Waals surface area contributed by atoms with Crippen molar-refractivity contribution in [3.63, 3.8) is 0 Å². The molecule has 1 heterocycles. The zero-order chi connectivity index (χ0) is 14.5. The molecule has 0 aliphatic rings. The van der Waals surface area contributed by atoms with Gasteiger partial charge in [-0.2, -0.15) is 10.2 Å². The average Bonchev–Trinajstić information content (AvgIpc) is 2.47. The van der Waals surface area contributed by atoms with E-state index in [2.05, 4.69) is 47.6 Å². The van der Waals surface area contributed by atoms with E-state index in [1.807, 2.05) is 19.2 Å². The molecule has 106 valence electrons. The average molecular weight is 271 g/mol. The Morgan fingerprint density at radius 3 is 2.50 bits per heavy atom. The van der Waals surface area contributed by atoms with Crippen LogP contribution in [0.25, 0.3) is 11.3 Å². The van der Waals surface area contributed by atoms with Gasteiger partial charge in [-0.1, -0.05) is 19.9 Å². The lowest BCUT2D eigenvalue weighted by molar-refractivity contribution is 0.415. The van der Waals surface area contributed by atoms with Gasteiger partial charge in [0.15, 0.2) is 0 Å². The highest BCUT2D eigenvalue weighted by molar-refractivity contribution is 5.67. The molecule has 0 aliphatic carbocycles. The highest BCUT2D eigenvalue weighted by atomic mass is 16.5. The molecule has 1 aromatic carbocycles. The van der Waals surface area contributed by atoms with Crippen molar-refractivity contribution >= 4 is 0 Å². The zero-order valence-electron chi connectivity index (χ0n) is 12.5. The normalized spacial score (nSPS) is 10.8. The largest absolute Gasteiger partial charge is 0.496 e. The fourth-order valence-electron chi connectivity index (χ4n) is 2.06. The number of hydrogen-bond donors (Lipinski definition) is 1. The molecular weight excluding hydrogens is 250 g/mol. The smallest absolute Gasteiger partial charge is 0.128 e. The van der Waals surface area contributed by atoms with Crippen LogP contribution in [0.15, 0.2) is 30.3 Å². The Kier molecular flexibility index (Phi) is 4.69. The van der Waals surface area contributed by atoms with Gasteiger partial charge >= 0.3 is 0 Å². The molecule has 4 nitrogen and oxygen atoms in total. The summed E-state index contributed by atoms with van der Waals surface area (Å²) in [6.07, 6.45) is 0. The second-order valence-corrected chi connectivity index (χ2v) is 5.05. The predicted octanol–water partition coefficient (Wildman–Crippen LogP) is 3.00. The second kappa shape index (κ2) is 6.48. The predicted molar refractivity (Wildman–Crippen MR) is 80.9 cm³/mol. The molecule has 0 fully saturated rings. The molecular formula is C16H21N3O. The minimum Gasteiger partial charge on any atom is -0.496 e. The number of nitrogens with zero attached hydrogens (tertiary/aromatic N) is 2. The Hall–Kier alpha value is -1.94. The first-order valence-electron chi connectivity index (χ1n) is 6.81. The van der Waals surface area contributed by atoms with Gasteiger partial charge in [-0.3, -0.25) is 0 Å². The highest BCUT2D eigenvalue weighted by Gasteiger charge is 2.10. The van der Waals surface area contributed by atoms with E-state index in [9.17, 15) is 0 Å². The highest BCUT2D eigenvalue weighted by Crippen LogP contribution is 2.31. The van der Waals surface area contributed by atoms with E-state index in [0.29, 0.717) is 5.92 Å². The van der Waals surface area contributed by atoms with Crippen molar-refractivity contribution in [2.24, 2.45) is 0 Å². The quantitative estimate of drug-likeness (QED) is 0.908. The third-order valence-electron chi connectivity index (χ3n) is 3.25. The maximum absolute atomic E-state index is 5.49. The Balaban J connectivity index is 2.36. The molecule has 1 N–H and O–H groups in total. The molecule has 0 radical (unpaired) electrons. The lowest BCUT2D eigenvalue weighted by Crippen LogP contribution is -2.07. The topological polar surface area (TPSA) is 47.0 Å². The standard InChI is InChI=1S/C16H21N3O/c1-11(2)12-5-7-14(16(9-12)20-4)15-8-6-13(10-17-3)18-19-15/h5-9,11,17H,10H2,1-4H3. The van der Waals surface area contributed by atoms with Crippen LogP contribution in [0.4, 0.5) is 0 Å². The number of nitrogens with one attached hydrogen (secondary N) is 1. The summed E-state index contributed by atoms with van der Waals surface area (Å²) in [5.74, 6) is 1.31. The Labute approximate surface area is 120 Å². The molecule has 1 aromatic heterocycles.